The van der Waals surface area contributed by atoms with Crippen molar-refractivity contribution in [3.63, 3.8) is 0 Å². The van der Waals surface area contributed by atoms with E-state index in [4.69, 9.17) is 14.4 Å². The molecule has 0 fully saturated rings. The van der Waals surface area contributed by atoms with Gasteiger partial charge in [0, 0.05) is 21.5 Å². The van der Waals surface area contributed by atoms with E-state index < -0.39 is 0 Å². The van der Waals surface area contributed by atoms with Crippen LogP contribution in [0.25, 0.3) is 49.7 Å². The molecule has 0 atom stereocenters. The van der Waals surface area contributed by atoms with Crippen molar-refractivity contribution in [1.29, 1.82) is 0 Å². The smallest absolute Gasteiger partial charge is 0.238 e. The van der Waals surface area contributed by atoms with Crippen LogP contribution in [0.15, 0.2) is 52.9 Å². The molecule has 30 heavy (non-hydrogen) atoms. The minimum absolute atomic E-state index is 0.625. The second-order valence-electron chi connectivity index (χ2n) is 7.98. The SMILES string of the molecule is Cc1cc(C)c2c(c1)c1ccc3c4ccccc4oc3c1n2-c1nc(C)nc(C)n1. The lowest BCUT2D eigenvalue weighted by molar-refractivity contribution is 0.670. The van der Waals surface area contributed by atoms with E-state index in [1.165, 1.54) is 16.5 Å². The van der Waals surface area contributed by atoms with Crippen LogP contribution in [0, 0.1) is 27.7 Å². The quantitative estimate of drug-likeness (QED) is 0.339. The molecular weight excluding hydrogens is 372 g/mol. The summed E-state index contributed by atoms with van der Waals surface area (Å²) in [5.41, 5.74) is 6.25. The second-order valence-corrected chi connectivity index (χ2v) is 7.98. The third kappa shape index (κ3) is 2.26. The Bertz CT molecular complexity index is 1620. The Morgan fingerprint density at radius 3 is 2.23 bits per heavy atom. The van der Waals surface area contributed by atoms with Gasteiger partial charge in [-0.3, -0.25) is 4.57 Å². The van der Waals surface area contributed by atoms with E-state index >= 15 is 0 Å². The van der Waals surface area contributed by atoms with E-state index in [9.17, 15) is 0 Å². The number of fused-ring (bicyclic) bond motifs is 7. The topological polar surface area (TPSA) is 56.7 Å². The third-order valence-corrected chi connectivity index (χ3v) is 5.75. The summed E-state index contributed by atoms with van der Waals surface area (Å²) in [5, 5.41) is 4.53. The molecule has 5 nitrogen and oxygen atoms in total. The molecule has 146 valence electrons. The number of hydrogen-bond acceptors (Lipinski definition) is 4. The maximum atomic E-state index is 6.40. The van der Waals surface area contributed by atoms with E-state index in [2.05, 4.69) is 53.7 Å². The van der Waals surface area contributed by atoms with Crippen molar-refractivity contribution >= 4 is 43.7 Å². The summed E-state index contributed by atoms with van der Waals surface area (Å²) in [6, 6.07) is 17.0. The maximum Gasteiger partial charge on any atom is 0.238 e. The second kappa shape index (κ2) is 5.89. The summed E-state index contributed by atoms with van der Waals surface area (Å²) in [4.78, 5) is 13.8. The molecule has 0 aliphatic heterocycles. The zero-order valence-corrected chi connectivity index (χ0v) is 17.3. The lowest BCUT2D eigenvalue weighted by Crippen LogP contribution is -2.06. The molecule has 0 N–H and O–H groups in total. The Morgan fingerprint density at radius 1 is 0.700 bits per heavy atom. The van der Waals surface area contributed by atoms with Crippen molar-refractivity contribution in [2.75, 3.05) is 0 Å². The van der Waals surface area contributed by atoms with Crippen molar-refractivity contribution < 1.29 is 4.42 Å². The normalized spacial score (nSPS) is 12.0. The molecule has 6 aromatic rings. The Labute approximate surface area is 173 Å². The van der Waals surface area contributed by atoms with Gasteiger partial charge >= 0.3 is 0 Å². The first kappa shape index (κ1) is 17.2. The Hall–Kier alpha value is -3.73. The molecule has 0 spiro atoms. The number of para-hydroxylation sites is 1. The van der Waals surface area contributed by atoms with E-state index in [-0.39, 0.29) is 0 Å². The zero-order chi connectivity index (χ0) is 20.6. The van der Waals surface area contributed by atoms with Gasteiger partial charge in [-0.25, -0.2) is 4.98 Å². The summed E-state index contributed by atoms with van der Waals surface area (Å²) in [5.74, 6) is 2.03. The Kier molecular flexibility index (Phi) is 3.37. The van der Waals surface area contributed by atoms with Crippen molar-refractivity contribution in [3.8, 4) is 5.95 Å². The average molecular weight is 392 g/mol. The van der Waals surface area contributed by atoms with E-state index in [1.54, 1.807) is 0 Å². The van der Waals surface area contributed by atoms with E-state index in [1.807, 2.05) is 32.0 Å². The minimum atomic E-state index is 0.625. The van der Waals surface area contributed by atoms with Crippen LogP contribution in [0.5, 0.6) is 0 Å². The Morgan fingerprint density at radius 2 is 1.43 bits per heavy atom. The molecule has 0 aliphatic carbocycles. The number of rotatable bonds is 1. The molecule has 3 aromatic carbocycles. The molecule has 0 saturated carbocycles. The summed E-state index contributed by atoms with van der Waals surface area (Å²) in [6.07, 6.45) is 0. The van der Waals surface area contributed by atoms with Gasteiger partial charge in [0.1, 0.15) is 22.7 Å². The molecule has 0 aliphatic rings. The van der Waals surface area contributed by atoms with Crippen molar-refractivity contribution in [2.45, 2.75) is 27.7 Å². The minimum Gasteiger partial charge on any atom is -0.454 e. The van der Waals surface area contributed by atoms with Crippen molar-refractivity contribution in [2.24, 2.45) is 0 Å². The first-order valence-electron chi connectivity index (χ1n) is 10.1. The van der Waals surface area contributed by atoms with Crippen LogP contribution < -0.4 is 0 Å². The number of benzene rings is 3. The van der Waals surface area contributed by atoms with E-state index in [0.29, 0.717) is 17.6 Å². The number of aryl methyl sites for hydroxylation is 4. The molecule has 3 heterocycles. The molecule has 0 unspecified atom stereocenters. The van der Waals surface area contributed by atoms with Crippen molar-refractivity contribution in [3.05, 3.63) is 71.3 Å². The highest BCUT2D eigenvalue weighted by Crippen LogP contribution is 2.40. The molecule has 6 rings (SSSR count). The standard InChI is InChI=1S/C25H20N4O/c1-13-11-14(2)22-20(12-13)18-9-10-19-17-7-5-6-8-21(17)30-24(19)23(18)29(22)25-27-15(3)26-16(4)28-25/h5-12H,1-4H3. The summed E-state index contributed by atoms with van der Waals surface area (Å²) in [6.45, 7) is 8.08. The number of aromatic nitrogens is 4. The van der Waals surface area contributed by atoms with Gasteiger partial charge in [-0.15, -0.1) is 0 Å². The van der Waals surface area contributed by atoms with Gasteiger partial charge < -0.3 is 4.42 Å². The highest BCUT2D eigenvalue weighted by Gasteiger charge is 2.21. The third-order valence-electron chi connectivity index (χ3n) is 5.75. The predicted molar refractivity (Wildman–Crippen MR) is 120 cm³/mol. The van der Waals surface area contributed by atoms with E-state index in [0.717, 1.165) is 38.4 Å². The lowest BCUT2D eigenvalue weighted by atomic mass is 10.1. The molecule has 5 heteroatoms. The van der Waals surface area contributed by atoms with Gasteiger partial charge in [-0.05, 0) is 51.5 Å². The molecule has 0 amide bonds. The van der Waals surface area contributed by atoms with Crippen LogP contribution in [0.3, 0.4) is 0 Å². The number of hydrogen-bond donors (Lipinski definition) is 0. The summed E-state index contributed by atoms with van der Waals surface area (Å²) in [7, 11) is 0. The highest BCUT2D eigenvalue weighted by molar-refractivity contribution is 6.21. The van der Waals surface area contributed by atoms with Crippen molar-refractivity contribution in [1.82, 2.24) is 19.5 Å². The molecular formula is C25H20N4O. The molecule has 0 bridgehead atoms. The molecule has 0 radical (unpaired) electrons. The average Bonchev–Trinajstić information content (AvgIpc) is 3.23. The van der Waals surface area contributed by atoms with Gasteiger partial charge in [0.2, 0.25) is 5.95 Å². The highest BCUT2D eigenvalue weighted by atomic mass is 16.3. The fourth-order valence-electron chi connectivity index (χ4n) is 4.69. The van der Waals surface area contributed by atoms with Crippen LogP contribution in [0.2, 0.25) is 0 Å². The lowest BCUT2D eigenvalue weighted by Gasteiger charge is -2.09. The van der Waals surface area contributed by atoms with Crippen LogP contribution in [-0.4, -0.2) is 19.5 Å². The van der Waals surface area contributed by atoms with Gasteiger partial charge in [-0.2, -0.15) is 9.97 Å². The number of furan rings is 1. The Balaban J connectivity index is 1.92. The van der Waals surface area contributed by atoms with Gasteiger partial charge in [0.05, 0.1) is 5.52 Å². The monoisotopic (exact) mass is 392 g/mol. The maximum absolute atomic E-state index is 6.40. The molecule has 3 aromatic heterocycles. The van der Waals surface area contributed by atoms with Crippen LogP contribution >= 0.6 is 0 Å². The van der Waals surface area contributed by atoms with Gasteiger partial charge in [-0.1, -0.05) is 35.9 Å². The summed E-state index contributed by atoms with van der Waals surface area (Å²) < 4.78 is 8.54. The summed E-state index contributed by atoms with van der Waals surface area (Å²) >= 11 is 0. The number of nitrogens with zero attached hydrogens (tertiary/aromatic N) is 4. The van der Waals surface area contributed by atoms with Gasteiger partial charge in [0.25, 0.3) is 0 Å². The van der Waals surface area contributed by atoms with Crippen LogP contribution in [0.4, 0.5) is 0 Å². The fourth-order valence-corrected chi connectivity index (χ4v) is 4.69. The largest absolute Gasteiger partial charge is 0.454 e. The van der Waals surface area contributed by atoms with Crippen LogP contribution in [0.1, 0.15) is 22.8 Å². The van der Waals surface area contributed by atoms with Gasteiger partial charge in [0.15, 0.2) is 5.58 Å². The first-order valence-corrected chi connectivity index (χ1v) is 10.1. The molecule has 0 saturated heterocycles. The zero-order valence-electron chi connectivity index (χ0n) is 17.3. The fraction of sp³-hybridized carbons (Fsp3) is 0.160. The van der Waals surface area contributed by atoms with Crippen LogP contribution in [-0.2, 0) is 0 Å². The predicted octanol–water partition coefficient (Wildman–Crippen LogP) is 6.10. The first-order chi connectivity index (χ1) is 14.5.